The van der Waals surface area contributed by atoms with E-state index in [9.17, 15) is 9.59 Å². The van der Waals surface area contributed by atoms with Crippen molar-refractivity contribution in [3.8, 4) is 0 Å². The molecule has 1 aliphatic rings. The van der Waals surface area contributed by atoms with Crippen LogP contribution >= 0.6 is 0 Å². The maximum atomic E-state index is 11.9. The van der Waals surface area contributed by atoms with Gasteiger partial charge in [0.1, 0.15) is 0 Å². The third-order valence-corrected chi connectivity index (χ3v) is 3.83. The molecule has 4 heteroatoms. The molecule has 1 atom stereocenters. The first-order chi connectivity index (χ1) is 9.68. The standard InChI is InChI=1S/C16H22N2O2/c1-13(19)18-12-6-5-9-15(18)10-11-17-16(20)14-7-3-2-4-8-14/h2-4,7-8,15H,5-6,9-12H2,1H3,(H,17,20). The first-order valence-electron chi connectivity index (χ1n) is 7.29. The molecule has 1 heterocycles. The predicted molar refractivity (Wildman–Crippen MR) is 78.4 cm³/mol. The smallest absolute Gasteiger partial charge is 0.251 e. The Hall–Kier alpha value is -1.84. The number of carbonyl (C=O) groups is 2. The van der Waals surface area contributed by atoms with E-state index in [1.807, 2.05) is 23.1 Å². The fourth-order valence-corrected chi connectivity index (χ4v) is 2.76. The Labute approximate surface area is 120 Å². The Kier molecular flexibility index (Phi) is 5.16. The molecule has 1 unspecified atom stereocenters. The number of benzene rings is 1. The van der Waals surface area contributed by atoms with Crippen molar-refractivity contribution >= 4 is 11.8 Å². The molecule has 0 aliphatic carbocycles. The van der Waals surface area contributed by atoms with Gasteiger partial charge in [0.2, 0.25) is 5.91 Å². The van der Waals surface area contributed by atoms with Gasteiger partial charge in [-0.25, -0.2) is 0 Å². The van der Waals surface area contributed by atoms with Crippen LogP contribution in [0.3, 0.4) is 0 Å². The van der Waals surface area contributed by atoms with Gasteiger partial charge in [-0.3, -0.25) is 9.59 Å². The Morgan fingerprint density at radius 3 is 2.70 bits per heavy atom. The number of likely N-dealkylation sites (tertiary alicyclic amines) is 1. The first kappa shape index (κ1) is 14.6. The predicted octanol–water partition coefficient (Wildman–Crippen LogP) is 2.21. The summed E-state index contributed by atoms with van der Waals surface area (Å²) in [4.78, 5) is 25.4. The third kappa shape index (κ3) is 3.83. The summed E-state index contributed by atoms with van der Waals surface area (Å²) >= 11 is 0. The van der Waals surface area contributed by atoms with Gasteiger partial charge in [-0.2, -0.15) is 0 Å². The lowest BCUT2D eigenvalue weighted by molar-refractivity contribution is -0.132. The zero-order valence-electron chi connectivity index (χ0n) is 12.0. The molecule has 0 saturated carbocycles. The average molecular weight is 274 g/mol. The van der Waals surface area contributed by atoms with Crippen molar-refractivity contribution < 1.29 is 9.59 Å². The maximum absolute atomic E-state index is 11.9. The van der Waals surface area contributed by atoms with Crippen molar-refractivity contribution in [3.05, 3.63) is 35.9 Å². The molecule has 20 heavy (non-hydrogen) atoms. The Bertz CT molecular complexity index is 459. The number of nitrogens with zero attached hydrogens (tertiary/aromatic N) is 1. The second-order valence-corrected chi connectivity index (χ2v) is 5.27. The lowest BCUT2D eigenvalue weighted by Gasteiger charge is -2.35. The molecule has 1 aliphatic heterocycles. The van der Waals surface area contributed by atoms with E-state index in [1.165, 1.54) is 6.42 Å². The Morgan fingerprint density at radius 1 is 1.25 bits per heavy atom. The SMILES string of the molecule is CC(=O)N1CCCCC1CCNC(=O)c1ccccc1. The molecule has 1 aromatic carbocycles. The molecule has 108 valence electrons. The van der Waals surface area contributed by atoms with Gasteiger partial charge in [0.15, 0.2) is 0 Å². The van der Waals surface area contributed by atoms with Gasteiger partial charge in [-0.15, -0.1) is 0 Å². The number of piperidine rings is 1. The van der Waals surface area contributed by atoms with Crippen LogP contribution < -0.4 is 5.32 Å². The van der Waals surface area contributed by atoms with Crippen molar-refractivity contribution in [2.75, 3.05) is 13.1 Å². The van der Waals surface area contributed by atoms with Crippen LogP contribution in [-0.4, -0.2) is 35.8 Å². The van der Waals surface area contributed by atoms with Crippen molar-refractivity contribution in [1.29, 1.82) is 0 Å². The number of carbonyl (C=O) groups excluding carboxylic acids is 2. The van der Waals surface area contributed by atoms with Crippen LogP contribution in [0.25, 0.3) is 0 Å². The summed E-state index contributed by atoms with van der Waals surface area (Å²) in [6.07, 6.45) is 4.13. The van der Waals surface area contributed by atoms with Crippen LogP contribution in [0.5, 0.6) is 0 Å². The second-order valence-electron chi connectivity index (χ2n) is 5.27. The van der Waals surface area contributed by atoms with E-state index in [0.717, 1.165) is 25.8 Å². The molecule has 2 amide bonds. The van der Waals surface area contributed by atoms with Crippen LogP contribution in [0.2, 0.25) is 0 Å². The van der Waals surface area contributed by atoms with Gasteiger partial charge in [-0.1, -0.05) is 18.2 Å². The van der Waals surface area contributed by atoms with Gasteiger partial charge in [-0.05, 0) is 37.8 Å². The Balaban J connectivity index is 1.80. The lowest BCUT2D eigenvalue weighted by atomic mass is 9.99. The van der Waals surface area contributed by atoms with Crippen molar-refractivity contribution in [3.63, 3.8) is 0 Å². The van der Waals surface area contributed by atoms with E-state index < -0.39 is 0 Å². The molecule has 4 nitrogen and oxygen atoms in total. The number of nitrogens with one attached hydrogen (secondary N) is 1. The van der Waals surface area contributed by atoms with Crippen LogP contribution in [-0.2, 0) is 4.79 Å². The van der Waals surface area contributed by atoms with Crippen molar-refractivity contribution in [2.45, 2.75) is 38.6 Å². The fourth-order valence-electron chi connectivity index (χ4n) is 2.76. The highest BCUT2D eigenvalue weighted by Crippen LogP contribution is 2.19. The van der Waals surface area contributed by atoms with Gasteiger partial charge >= 0.3 is 0 Å². The zero-order chi connectivity index (χ0) is 14.4. The van der Waals surface area contributed by atoms with Crippen LogP contribution in [0.15, 0.2) is 30.3 Å². The molecular formula is C16H22N2O2. The van der Waals surface area contributed by atoms with Crippen molar-refractivity contribution in [2.24, 2.45) is 0 Å². The van der Waals surface area contributed by atoms with Gasteiger partial charge in [0.05, 0.1) is 0 Å². The topological polar surface area (TPSA) is 49.4 Å². The molecule has 1 N–H and O–H groups in total. The number of amides is 2. The van der Waals surface area contributed by atoms with E-state index in [1.54, 1.807) is 19.1 Å². The average Bonchev–Trinajstić information content (AvgIpc) is 2.48. The van der Waals surface area contributed by atoms with E-state index >= 15 is 0 Å². The van der Waals surface area contributed by atoms with E-state index in [0.29, 0.717) is 12.1 Å². The number of rotatable bonds is 4. The minimum Gasteiger partial charge on any atom is -0.352 e. The van der Waals surface area contributed by atoms with Gasteiger partial charge in [0, 0.05) is 31.6 Å². The van der Waals surface area contributed by atoms with Crippen molar-refractivity contribution in [1.82, 2.24) is 10.2 Å². The van der Waals surface area contributed by atoms with Crippen LogP contribution in [0, 0.1) is 0 Å². The van der Waals surface area contributed by atoms with Crippen LogP contribution in [0.4, 0.5) is 0 Å². The quantitative estimate of drug-likeness (QED) is 0.915. The summed E-state index contributed by atoms with van der Waals surface area (Å²) < 4.78 is 0. The molecule has 1 fully saturated rings. The summed E-state index contributed by atoms with van der Waals surface area (Å²) in [6.45, 7) is 3.09. The van der Waals surface area contributed by atoms with E-state index in [4.69, 9.17) is 0 Å². The summed E-state index contributed by atoms with van der Waals surface area (Å²) in [5, 5.41) is 2.93. The van der Waals surface area contributed by atoms with Gasteiger partial charge in [0.25, 0.3) is 5.91 Å². The Morgan fingerprint density at radius 2 is 2.00 bits per heavy atom. The molecule has 0 bridgehead atoms. The highest BCUT2D eigenvalue weighted by atomic mass is 16.2. The highest BCUT2D eigenvalue weighted by molar-refractivity contribution is 5.94. The summed E-state index contributed by atoms with van der Waals surface area (Å²) in [5.74, 6) is 0.0971. The van der Waals surface area contributed by atoms with E-state index in [-0.39, 0.29) is 17.9 Å². The van der Waals surface area contributed by atoms with Crippen LogP contribution in [0.1, 0.15) is 43.0 Å². The third-order valence-electron chi connectivity index (χ3n) is 3.83. The second kappa shape index (κ2) is 7.08. The summed E-state index contributed by atoms with van der Waals surface area (Å²) in [5.41, 5.74) is 0.680. The molecule has 0 radical (unpaired) electrons. The number of hydrogen-bond donors (Lipinski definition) is 1. The molecule has 0 aromatic heterocycles. The van der Waals surface area contributed by atoms with Gasteiger partial charge < -0.3 is 10.2 Å². The molecule has 1 aromatic rings. The summed E-state index contributed by atoms with van der Waals surface area (Å²) in [7, 11) is 0. The molecule has 2 rings (SSSR count). The minimum absolute atomic E-state index is 0.0456. The molecule has 1 saturated heterocycles. The lowest BCUT2D eigenvalue weighted by Crippen LogP contribution is -2.44. The monoisotopic (exact) mass is 274 g/mol. The normalized spacial score (nSPS) is 18.6. The zero-order valence-corrected chi connectivity index (χ0v) is 12.0. The number of hydrogen-bond acceptors (Lipinski definition) is 2. The molecule has 0 spiro atoms. The highest BCUT2D eigenvalue weighted by Gasteiger charge is 2.23. The first-order valence-corrected chi connectivity index (χ1v) is 7.29. The molecular weight excluding hydrogens is 252 g/mol. The van der Waals surface area contributed by atoms with E-state index in [2.05, 4.69) is 5.32 Å². The largest absolute Gasteiger partial charge is 0.352 e. The fraction of sp³-hybridized carbons (Fsp3) is 0.500. The minimum atomic E-state index is -0.0456. The summed E-state index contributed by atoms with van der Waals surface area (Å²) in [6, 6.07) is 9.48. The maximum Gasteiger partial charge on any atom is 0.251 e.